The molecule has 2 amide bonds. The third-order valence-corrected chi connectivity index (χ3v) is 9.47. The SMILES string of the molecule is O=C(NCCN1CCc2ccccc2C1)NCc1nc(NCC(c2ccccc2)c2ccccc2)c2ncn([C@@H]3O[C@H](CO)[C@@H](O)[C@@H]3O)c2n1. The second-order valence-corrected chi connectivity index (χ2v) is 12.7. The number of aromatic nitrogens is 4. The zero-order valence-corrected chi connectivity index (χ0v) is 27.6. The number of urea groups is 1. The highest BCUT2D eigenvalue weighted by molar-refractivity contribution is 5.83. The summed E-state index contributed by atoms with van der Waals surface area (Å²) in [5.74, 6) is 0.748. The normalized spacial score (nSPS) is 20.6. The van der Waals surface area contributed by atoms with E-state index in [1.807, 2.05) is 36.4 Å². The van der Waals surface area contributed by atoms with E-state index in [-0.39, 0.29) is 18.5 Å². The Hall–Kier alpha value is -4.92. The van der Waals surface area contributed by atoms with Crippen molar-refractivity contribution in [3.8, 4) is 0 Å². The van der Waals surface area contributed by atoms with Gasteiger partial charge in [-0.1, -0.05) is 84.9 Å². The molecule has 1 fully saturated rings. The number of benzene rings is 3. The van der Waals surface area contributed by atoms with Crippen LogP contribution in [0.15, 0.2) is 91.3 Å². The molecule has 4 heterocycles. The van der Waals surface area contributed by atoms with Crippen molar-refractivity contribution in [2.75, 3.05) is 38.1 Å². The van der Waals surface area contributed by atoms with Gasteiger partial charge in [-0.25, -0.2) is 19.7 Å². The number of nitrogens with zero attached hydrogens (tertiary/aromatic N) is 5. The molecule has 4 atom stereocenters. The van der Waals surface area contributed by atoms with E-state index in [2.05, 4.69) is 74.4 Å². The minimum absolute atomic E-state index is 0.00863. The van der Waals surface area contributed by atoms with Gasteiger partial charge in [0.05, 0.1) is 19.5 Å². The summed E-state index contributed by atoms with van der Waals surface area (Å²) < 4.78 is 7.33. The number of aliphatic hydroxyl groups is 3. The van der Waals surface area contributed by atoms with Gasteiger partial charge in [0.15, 0.2) is 29.0 Å². The molecule has 2 aliphatic heterocycles. The maximum Gasteiger partial charge on any atom is 0.315 e. The highest BCUT2D eigenvalue weighted by Crippen LogP contribution is 2.33. The van der Waals surface area contributed by atoms with Gasteiger partial charge in [-0.05, 0) is 28.7 Å². The van der Waals surface area contributed by atoms with Gasteiger partial charge in [0.25, 0.3) is 0 Å². The summed E-state index contributed by atoms with van der Waals surface area (Å²) in [4.78, 5) is 29.2. The predicted octanol–water partition coefficient (Wildman–Crippen LogP) is 2.54. The van der Waals surface area contributed by atoms with Crippen LogP contribution in [-0.4, -0.2) is 96.9 Å². The number of amides is 2. The van der Waals surface area contributed by atoms with Crippen molar-refractivity contribution in [1.29, 1.82) is 0 Å². The lowest BCUT2D eigenvalue weighted by molar-refractivity contribution is -0.0511. The number of imidazole rings is 1. The Kier molecular flexibility index (Phi) is 10.3. The van der Waals surface area contributed by atoms with Crippen LogP contribution in [0.25, 0.3) is 11.2 Å². The first kappa shape index (κ1) is 33.6. The minimum Gasteiger partial charge on any atom is -0.394 e. The molecule has 5 aromatic rings. The Morgan fingerprint density at radius 3 is 2.30 bits per heavy atom. The van der Waals surface area contributed by atoms with E-state index < -0.39 is 31.1 Å². The highest BCUT2D eigenvalue weighted by Gasteiger charge is 2.44. The molecule has 0 unspecified atom stereocenters. The Morgan fingerprint density at radius 2 is 1.60 bits per heavy atom. The molecule has 0 radical (unpaired) electrons. The van der Waals surface area contributed by atoms with Crippen LogP contribution < -0.4 is 16.0 Å². The van der Waals surface area contributed by atoms with Gasteiger partial charge in [0, 0.05) is 38.6 Å². The number of nitrogens with one attached hydrogen (secondary N) is 3. The Morgan fingerprint density at radius 1 is 0.900 bits per heavy atom. The zero-order chi connectivity index (χ0) is 34.5. The molecule has 1 saturated heterocycles. The average Bonchev–Trinajstić information content (AvgIpc) is 3.71. The molecule has 13 nitrogen and oxygen atoms in total. The van der Waals surface area contributed by atoms with E-state index in [0.29, 0.717) is 35.9 Å². The number of ether oxygens (including phenoxy) is 1. The second-order valence-electron chi connectivity index (χ2n) is 12.7. The van der Waals surface area contributed by atoms with E-state index in [0.717, 1.165) is 37.2 Å². The second kappa shape index (κ2) is 15.3. The quantitative estimate of drug-likeness (QED) is 0.115. The Balaban J connectivity index is 1.08. The first-order valence-electron chi connectivity index (χ1n) is 17.0. The molecule has 0 spiro atoms. The van der Waals surface area contributed by atoms with Crippen LogP contribution in [0.5, 0.6) is 0 Å². The van der Waals surface area contributed by atoms with Gasteiger partial charge in [-0.3, -0.25) is 9.47 Å². The van der Waals surface area contributed by atoms with E-state index >= 15 is 0 Å². The maximum absolute atomic E-state index is 12.9. The monoisotopic (exact) mass is 678 g/mol. The standard InChI is InChI=1S/C37H42N8O5/c46-22-29-32(47)33(48)36(50-29)45-23-41-31-34(39-19-28(25-10-3-1-4-11-25)26-12-5-2-6-13-26)42-30(43-35(31)45)20-40-37(49)38-16-18-44-17-15-24-9-7-8-14-27(24)21-44/h1-14,23,28-29,32-33,36,46-48H,15-22H2,(H2,38,40,49)(H,39,42,43)/t29-,32-,33+,36-/m1/s1. The molecule has 0 aliphatic carbocycles. The fourth-order valence-electron chi connectivity index (χ4n) is 6.75. The van der Waals surface area contributed by atoms with Gasteiger partial charge >= 0.3 is 6.03 Å². The molecule has 50 heavy (non-hydrogen) atoms. The van der Waals surface area contributed by atoms with Crippen molar-refractivity contribution in [2.45, 2.75) is 50.0 Å². The van der Waals surface area contributed by atoms with Crippen LogP contribution in [0.4, 0.5) is 10.6 Å². The van der Waals surface area contributed by atoms with Crippen LogP contribution in [0.2, 0.25) is 0 Å². The van der Waals surface area contributed by atoms with Crippen LogP contribution in [0, 0.1) is 0 Å². The third-order valence-electron chi connectivity index (χ3n) is 9.47. The minimum atomic E-state index is -1.32. The van der Waals surface area contributed by atoms with Crippen LogP contribution in [0.3, 0.4) is 0 Å². The van der Waals surface area contributed by atoms with E-state index in [4.69, 9.17) is 14.7 Å². The Bertz CT molecular complexity index is 1850. The molecular weight excluding hydrogens is 636 g/mol. The number of hydrogen-bond donors (Lipinski definition) is 6. The van der Waals surface area contributed by atoms with Crippen LogP contribution >= 0.6 is 0 Å². The number of aliphatic hydroxyl groups excluding tert-OH is 3. The summed E-state index contributed by atoms with van der Waals surface area (Å²) in [6.45, 7) is 3.07. The molecule has 260 valence electrons. The third kappa shape index (κ3) is 7.32. The summed E-state index contributed by atoms with van der Waals surface area (Å²) in [6.07, 6.45) is -2.15. The van der Waals surface area contributed by atoms with Crippen molar-refractivity contribution in [3.05, 3.63) is 119 Å². The van der Waals surface area contributed by atoms with E-state index in [9.17, 15) is 20.1 Å². The first-order valence-corrected chi connectivity index (χ1v) is 17.0. The largest absolute Gasteiger partial charge is 0.394 e. The molecule has 0 bridgehead atoms. The fraction of sp³-hybridized carbons (Fsp3) is 0.351. The van der Waals surface area contributed by atoms with Crippen molar-refractivity contribution in [2.24, 2.45) is 0 Å². The number of carbonyl (C=O) groups excluding carboxylic acids is 1. The molecule has 2 aliphatic rings. The average molecular weight is 679 g/mol. The van der Waals surface area contributed by atoms with E-state index in [1.54, 1.807) is 0 Å². The van der Waals surface area contributed by atoms with Crippen molar-refractivity contribution >= 4 is 23.0 Å². The van der Waals surface area contributed by atoms with Crippen molar-refractivity contribution < 1.29 is 24.9 Å². The first-order chi connectivity index (χ1) is 24.5. The van der Waals surface area contributed by atoms with Gasteiger partial charge < -0.3 is 36.0 Å². The predicted molar refractivity (Wildman–Crippen MR) is 187 cm³/mol. The molecule has 13 heteroatoms. The van der Waals surface area contributed by atoms with Gasteiger partial charge in [-0.2, -0.15) is 0 Å². The Labute approximate surface area is 290 Å². The molecule has 2 aromatic heterocycles. The number of hydrogen-bond acceptors (Lipinski definition) is 10. The van der Waals surface area contributed by atoms with Gasteiger partial charge in [0.2, 0.25) is 0 Å². The van der Waals surface area contributed by atoms with Gasteiger partial charge in [0.1, 0.15) is 18.3 Å². The smallest absolute Gasteiger partial charge is 0.315 e. The highest BCUT2D eigenvalue weighted by atomic mass is 16.6. The number of rotatable bonds is 12. The van der Waals surface area contributed by atoms with E-state index in [1.165, 1.54) is 22.0 Å². The van der Waals surface area contributed by atoms with Crippen molar-refractivity contribution in [3.63, 3.8) is 0 Å². The van der Waals surface area contributed by atoms with Crippen LogP contribution in [-0.2, 0) is 24.2 Å². The lowest BCUT2D eigenvalue weighted by atomic mass is 9.91. The molecular formula is C37H42N8O5. The van der Waals surface area contributed by atoms with Gasteiger partial charge in [-0.15, -0.1) is 0 Å². The summed E-state index contributed by atoms with van der Waals surface area (Å²) in [5.41, 5.74) is 5.74. The molecule has 7 rings (SSSR count). The number of anilines is 1. The topological polar surface area (TPSA) is 170 Å². The summed E-state index contributed by atoms with van der Waals surface area (Å²) in [5, 5.41) is 40.2. The van der Waals surface area contributed by atoms with Crippen LogP contribution in [0.1, 0.15) is 40.2 Å². The summed E-state index contributed by atoms with van der Waals surface area (Å²) in [6, 6.07) is 28.5. The molecule has 3 aromatic carbocycles. The summed E-state index contributed by atoms with van der Waals surface area (Å²) in [7, 11) is 0. The molecule has 6 N–H and O–H groups in total. The lowest BCUT2D eigenvalue weighted by Crippen LogP contribution is -2.41. The van der Waals surface area contributed by atoms with Crippen molar-refractivity contribution in [1.82, 2.24) is 35.1 Å². The molecule has 0 saturated carbocycles. The number of fused-ring (bicyclic) bond motifs is 2. The zero-order valence-electron chi connectivity index (χ0n) is 27.6. The number of carbonyl (C=O) groups is 1. The summed E-state index contributed by atoms with van der Waals surface area (Å²) >= 11 is 0. The maximum atomic E-state index is 12.9. The fourth-order valence-corrected chi connectivity index (χ4v) is 6.75. The lowest BCUT2D eigenvalue weighted by Gasteiger charge is -2.28.